The Balaban J connectivity index is 1.98. The van der Waals surface area contributed by atoms with Crippen molar-refractivity contribution in [1.82, 2.24) is 9.71 Å². The van der Waals surface area contributed by atoms with Gasteiger partial charge in [-0.05, 0) is 36.2 Å². The van der Waals surface area contributed by atoms with Crippen molar-refractivity contribution in [3.8, 4) is 0 Å². The highest BCUT2D eigenvalue weighted by molar-refractivity contribution is 7.89. The molecule has 7 heteroatoms. The molecule has 1 aromatic heterocycles. The van der Waals surface area contributed by atoms with Gasteiger partial charge in [0.25, 0.3) is 0 Å². The summed E-state index contributed by atoms with van der Waals surface area (Å²) >= 11 is 5.60. The Morgan fingerprint density at radius 3 is 2.70 bits per heavy atom. The summed E-state index contributed by atoms with van der Waals surface area (Å²) in [6.45, 7) is 0.175. The Morgan fingerprint density at radius 1 is 1.25 bits per heavy atom. The van der Waals surface area contributed by atoms with Crippen LogP contribution < -0.4 is 4.72 Å². The summed E-state index contributed by atoms with van der Waals surface area (Å²) < 4.78 is 39.3. The number of pyridine rings is 1. The molecule has 0 aliphatic carbocycles. The topological polar surface area (TPSA) is 59.1 Å². The molecule has 0 bridgehead atoms. The fourth-order valence-corrected chi connectivity index (χ4v) is 2.71. The normalized spacial score (nSPS) is 11.5. The predicted molar refractivity (Wildman–Crippen MR) is 74.5 cm³/mol. The fraction of sp³-hybridized carbons (Fsp3) is 0.154. The maximum atomic E-state index is 13.0. The van der Waals surface area contributed by atoms with Gasteiger partial charge in [-0.2, -0.15) is 0 Å². The van der Waals surface area contributed by atoms with Crippen LogP contribution in [0.5, 0.6) is 0 Å². The van der Waals surface area contributed by atoms with Crippen LogP contribution >= 0.6 is 11.6 Å². The maximum Gasteiger partial charge on any atom is 0.242 e. The maximum absolute atomic E-state index is 13.0. The number of sulfonamides is 1. The Hall–Kier alpha value is -1.50. The molecule has 0 amide bonds. The van der Waals surface area contributed by atoms with Gasteiger partial charge in [0.05, 0.1) is 0 Å². The van der Waals surface area contributed by atoms with E-state index < -0.39 is 10.0 Å². The molecule has 0 radical (unpaired) electrons. The molecule has 2 rings (SSSR count). The Morgan fingerprint density at radius 2 is 2.05 bits per heavy atom. The van der Waals surface area contributed by atoms with Gasteiger partial charge in [-0.1, -0.05) is 23.7 Å². The van der Waals surface area contributed by atoms with Crippen molar-refractivity contribution in [3.05, 3.63) is 59.1 Å². The summed E-state index contributed by atoms with van der Waals surface area (Å²) in [7, 11) is -3.62. The van der Waals surface area contributed by atoms with Crippen LogP contribution in [0.1, 0.15) is 5.56 Å². The lowest BCUT2D eigenvalue weighted by atomic mass is 10.1. The van der Waals surface area contributed by atoms with Gasteiger partial charge in [-0.15, -0.1) is 0 Å². The molecule has 0 saturated carbocycles. The number of benzene rings is 1. The summed E-state index contributed by atoms with van der Waals surface area (Å²) in [5, 5.41) is 0.226. The SMILES string of the molecule is O=S(=O)(NCCc1cccc(F)c1)c1ccc(Cl)nc1. The zero-order valence-corrected chi connectivity index (χ0v) is 12.0. The second-order valence-corrected chi connectivity index (χ2v) is 6.25. The highest BCUT2D eigenvalue weighted by Gasteiger charge is 2.13. The van der Waals surface area contributed by atoms with Gasteiger partial charge in [0, 0.05) is 12.7 Å². The van der Waals surface area contributed by atoms with E-state index in [4.69, 9.17) is 11.6 Å². The number of nitrogens with zero attached hydrogens (tertiary/aromatic N) is 1. The smallest absolute Gasteiger partial charge is 0.242 e. The van der Waals surface area contributed by atoms with E-state index in [0.717, 1.165) is 5.56 Å². The number of rotatable bonds is 5. The van der Waals surface area contributed by atoms with E-state index in [1.54, 1.807) is 12.1 Å². The molecular formula is C13H12ClFN2O2S. The molecule has 0 aliphatic heterocycles. The molecule has 1 N–H and O–H groups in total. The van der Waals surface area contributed by atoms with E-state index in [0.29, 0.717) is 6.42 Å². The average Bonchev–Trinajstić information content (AvgIpc) is 2.39. The van der Waals surface area contributed by atoms with E-state index in [2.05, 4.69) is 9.71 Å². The Bertz CT molecular complexity index is 690. The number of hydrogen-bond donors (Lipinski definition) is 1. The molecule has 0 fully saturated rings. The van der Waals surface area contributed by atoms with Crippen molar-refractivity contribution in [1.29, 1.82) is 0 Å². The van der Waals surface area contributed by atoms with E-state index in [9.17, 15) is 12.8 Å². The molecule has 106 valence electrons. The van der Waals surface area contributed by atoms with Crippen LogP contribution in [0.2, 0.25) is 5.15 Å². The van der Waals surface area contributed by atoms with Gasteiger partial charge in [-0.25, -0.2) is 22.5 Å². The third-order valence-corrected chi connectivity index (χ3v) is 4.28. The zero-order chi connectivity index (χ0) is 14.6. The van der Waals surface area contributed by atoms with Crippen molar-refractivity contribution in [2.75, 3.05) is 6.54 Å². The lowest BCUT2D eigenvalue weighted by molar-refractivity contribution is 0.581. The Labute approximate surface area is 121 Å². The third-order valence-electron chi connectivity index (χ3n) is 2.61. The fourth-order valence-electron chi connectivity index (χ4n) is 1.63. The average molecular weight is 315 g/mol. The second kappa shape index (κ2) is 6.30. The first-order valence-corrected chi connectivity index (χ1v) is 7.69. The van der Waals surface area contributed by atoms with Crippen molar-refractivity contribution < 1.29 is 12.8 Å². The van der Waals surface area contributed by atoms with Crippen molar-refractivity contribution in [2.24, 2.45) is 0 Å². The van der Waals surface area contributed by atoms with Crippen LogP contribution in [0.3, 0.4) is 0 Å². The molecule has 1 aromatic carbocycles. The molecule has 1 heterocycles. The predicted octanol–water partition coefficient (Wildman–Crippen LogP) is 2.40. The van der Waals surface area contributed by atoms with E-state index in [1.807, 2.05) is 0 Å². The minimum Gasteiger partial charge on any atom is -0.243 e. The molecule has 2 aromatic rings. The van der Waals surface area contributed by atoms with Gasteiger partial charge in [0.2, 0.25) is 10.0 Å². The van der Waals surface area contributed by atoms with E-state index in [1.165, 1.54) is 30.5 Å². The minimum absolute atomic E-state index is 0.0427. The Kier molecular flexibility index (Phi) is 4.69. The molecule has 20 heavy (non-hydrogen) atoms. The van der Waals surface area contributed by atoms with E-state index >= 15 is 0 Å². The number of hydrogen-bond acceptors (Lipinski definition) is 3. The van der Waals surface area contributed by atoms with Crippen molar-refractivity contribution >= 4 is 21.6 Å². The van der Waals surface area contributed by atoms with Gasteiger partial charge in [0.1, 0.15) is 15.9 Å². The molecule has 4 nitrogen and oxygen atoms in total. The number of nitrogens with one attached hydrogen (secondary N) is 1. The summed E-state index contributed by atoms with van der Waals surface area (Å²) in [4.78, 5) is 3.76. The quantitative estimate of drug-likeness (QED) is 0.862. The standard InChI is InChI=1S/C13H12ClFN2O2S/c14-13-5-4-12(9-16-13)20(18,19)17-7-6-10-2-1-3-11(15)8-10/h1-5,8-9,17H,6-7H2. The van der Waals surface area contributed by atoms with Crippen LogP contribution in [-0.4, -0.2) is 19.9 Å². The van der Waals surface area contributed by atoms with E-state index in [-0.39, 0.29) is 22.4 Å². The van der Waals surface area contributed by atoms with Crippen molar-refractivity contribution in [2.45, 2.75) is 11.3 Å². The van der Waals surface area contributed by atoms with Crippen LogP contribution in [0, 0.1) is 5.82 Å². The van der Waals surface area contributed by atoms with Crippen LogP contribution in [0.4, 0.5) is 4.39 Å². The highest BCUT2D eigenvalue weighted by atomic mass is 35.5. The molecule has 0 saturated heterocycles. The second-order valence-electron chi connectivity index (χ2n) is 4.09. The number of halogens is 2. The molecular weight excluding hydrogens is 303 g/mol. The van der Waals surface area contributed by atoms with Gasteiger partial charge < -0.3 is 0 Å². The lowest BCUT2D eigenvalue weighted by Crippen LogP contribution is -2.26. The molecule has 0 spiro atoms. The van der Waals surface area contributed by atoms with Crippen molar-refractivity contribution in [3.63, 3.8) is 0 Å². The number of aromatic nitrogens is 1. The van der Waals surface area contributed by atoms with Gasteiger partial charge >= 0.3 is 0 Å². The molecule has 0 aliphatic rings. The first kappa shape index (κ1) is 14.9. The monoisotopic (exact) mass is 314 g/mol. The highest BCUT2D eigenvalue weighted by Crippen LogP contribution is 2.11. The zero-order valence-electron chi connectivity index (χ0n) is 10.4. The van der Waals surface area contributed by atoms with Gasteiger partial charge in [-0.3, -0.25) is 0 Å². The third kappa shape index (κ3) is 4.00. The van der Waals surface area contributed by atoms with Crippen LogP contribution in [0.25, 0.3) is 0 Å². The molecule has 0 unspecified atom stereocenters. The first-order chi connectivity index (χ1) is 9.47. The minimum atomic E-state index is -3.62. The van der Waals surface area contributed by atoms with Crippen LogP contribution in [0.15, 0.2) is 47.5 Å². The summed E-state index contributed by atoms with van der Waals surface area (Å²) in [5.41, 5.74) is 0.724. The summed E-state index contributed by atoms with van der Waals surface area (Å²) in [6.07, 6.45) is 1.59. The van der Waals surface area contributed by atoms with Gasteiger partial charge in [0.15, 0.2) is 0 Å². The van der Waals surface area contributed by atoms with Crippen LogP contribution in [-0.2, 0) is 16.4 Å². The summed E-state index contributed by atoms with van der Waals surface area (Å²) in [6, 6.07) is 8.82. The lowest BCUT2D eigenvalue weighted by Gasteiger charge is -2.06. The largest absolute Gasteiger partial charge is 0.243 e. The first-order valence-electron chi connectivity index (χ1n) is 5.83. The molecule has 0 atom stereocenters. The summed E-state index contributed by atoms with van der Waals surface area (Å²) in [5.74, 6) is -0.341.